The largest absolute Gasteiger partial charge is 0.481 e. The first-order chi connectivity index (χ1) is 10.6. The number of halogens is 1. The Morgan fingerprint density at radius 1 is 1.45 bits per heavy atom. The molecule has 1 aromatic rings. The molecule has 0 radical (unpaired) electrons. The highest BCUT2D eigenvalue weighted by Crippen LogP contribution is 2.22. The van der Waals surface area contributed by atoms with Gasteiger partial charge in [0.2, 0.25) is 0 Å². The molecule has 0 bridgehead atoms. The number of benzene rings is 1. The van der Waals surface area contributed by atoms with Crippen LogP contribution >= 0.6 is 15.9 Å². The van der Waals surface area contributed by atoms with Gasteiger partial charge in [-0.15, -0.1) is 0 Å². The standard InChI is InChI=1S/C17H25BrN2O2/c1-13(22-16-5-3-4-15(18)12-16)17(21)20-10-7-14(8-11-20)6-9-19-2/h3-5,12-14,19H,6-11H2,1-2H3. The molecular formula is C17H25BrN2O2. The van der Waals surface area contributed by atoms with Crippen molar-refractivity contribution in [3.05, 3.63) is 28.7 Å². The number of carbonyl (C=O) groups is 1. The number of carbonyl (C=O) groups excluding carboxylic acids is 1. The van der Waals surface area contributed by atoms with E-state index in [2.05, 4.69) is 21.2 Å². The van der Waals surface area contributed by atoms with Crippen LogP contribution in [-0.2, 0) is 4.79 Å². The van der Waals surface area contributed by atoms with Crippen molar-refractivity contribution in [3.63, 3.8) is 0 Å². The van der Waals surface area contributed by atoms with Gasteiger partial charge in [0, 0.05) is 17.6 Å². The number of nitrogens with one attached hydrogen (secondary N) is 1. The molecule has 1 fully saturated rings. The number of ether oxygens (including phenoxy) is 1. The maximum atomic E-state index is 12.5. The molecule has 4 nitrogen and oxygen atoms in total. The van der Waals surface area contributed by atoms with Crippen molar-refractivity contribution >= 4 is 21.8 Å². The van der Waals surface area contributed by atoms with E-state index in [9.17, 15) is 4.79 Å². The van der Waals surface area contributed by atoms with Crippen molar-refractivity contribution in [2.24, 2.45) is 5.92 Å². The molecular weight excluding hydrogens is 344 g/mol. The second-order valence-corrected chi connectivity index (χ2v) is 6.79. The van der Waals surface area contributed by atoms with Gasteiger partial charge in [-0.05, 0) is 63.9 Å². The highest BCUT2D eigenvalue weighted by molar-refractivity contribution is 9.10. The highest BCUT2D eigenvalue weighted by atomic mass is 79.9. The average Bonchev–Trinajstić information content (AvgIpc) is 2.52. The first kappa shape index (κ1) is 17.3. The van der Waals surface area contributed by atoms with Gasteiger partial charge in [0.05, 0.1) is 0 Å². The maximum Gasteiger partial charge on any atom is 0.263 e. The lowest BCUT2D eigenvalue weighted by molar-refractivity contribution is -0.139. The van der Waals surface area contributed by atoms with Gasteiger partial charge in [0.15, 0.2) is 6.10 Å². The minimum absolute atomic E-state index is 0.0899. The first-order valence-corrected chi connectivity index (χ1v) is 8.75. The molecule has 1 amide bonds. The molecule has 1 heterocycles. The molecule has 1 aliphatic heterocycles. The lowest BCUT2D eigenvalue weighted by Gasteiger charge is -2.33. The van der Waals surface area contributed by atoms with Crippen molar-refractivity contribution in [1.82, 2.24) is 10.2 Å². The van der Waals surface area contributed by atoms with Crippen molar-refractivity contribution in [2.45, 2.75) is 32.3 Å². The van der Waals surface area contributed by atoms with Crippen LogP contribution < -0.4 is 10.1 Å². The van der Waals surface area contributed by atoms with E-state index in [1.165, 1.54) is 6.42 Å². The highest BCUT2D eigenvalue weighted by Gasteiger charge is 2.26. The van der Waals surface area contributed by atoms with E-state index in [1.807, 2.05) is 43.1 Å². The lowest BCUT2D eigenvalue weighted by Crippen LogP contribution is -2.45. The maximum absolute atomic E-state index is 12.5. The summed E-state index contributed by atoms with van der Waals surface area (Å²) in [4.78, 5) is 14.4. The minimum atomic E-state index is -0.442. The Hall–Kier alpha value is -1.07. The predicted octanol–water partition coefficient (Wildman–Crippen LogP) is 3.06. The number of likely N-dealkylation sites (tertiary alicyclic amines) is 1. The number of amides is 1. The number of nitrogens with zero attached hydrogens (tertiary/aromatic N) is 1. The van der Waals surface area contributed by atoms with E-state index in [0.29, 0.717) is 0 Å². The van der Waals surface area contributed by atoms with Crippen LogP contribution in [0.4, 0.5) is 0 Å². The van der Waals surface area contributed by atoms with E-state index in [4.69, 9.17) is 4.74 Å². The summed E-state index contributed by atoms with van der Waals surface area (Å²) in [6.07, 6.45) is 2.94. The number of rotatable bonds is 6. The van der Waals surface area contributed by atoms with Gasteiger partial charge >= 0.3 is 0 Å². The predicted molar refractivity (Wildman–Crippen MR) is 92.1 cm³/mol. The molecule has 1 aromatic carbocycles. The van der Waals surface area contributed by atoms with E-state index >= 15 is 0 Å². The Bertz CT molecular complexity index is 487. The quantitative estimate of drug-likeness (QED) is 0.838. The Morgan fingerprint density at radius 2 is 2.18 bits per heavy atom. The Labute approximate surface area is 141 Å². The molecule has 122 valence electrons. The van der Waals surface area contributed by atoms with E-state index in [1.54, 1.807) is 0 Å². The third-order valence-electron chi connectivity index (χ3n) is 4.19. The molecule has 2 rings (SSSR count). The summed E-state index contributed by atoms with van der Waals surface area (Å²) in [5.41, 5.74) is 0. The summed E-state index contributed by atoms with van der Waals surface area (Å²) in [6, 6.07) is 7.60. The van der Waals surface area contributed by atoms with Crippen molar-refractivity contribution in [3.8, 4) is 5.75 Å². The summed E-state index contributed by atoms with van der Waals surface area (Å²) in [6.45, 7) is 4.58. The third-order valence-corrected chi connectivity index (χ3v) is 4.68. The summed E-state index contributed by atoms with van der Waals surface area (Å²) >= 11 is 3.41. The number of hydrogen-bond acceptors (Lipinski definition) is 3. The van der Waals surface area contributed by atoms with Gasteiger partial charge in [0.25, 0.3) is 5.91 Å². The van der Waals surface area contributed by atoms with Gasteiger partial charge in [-0.3, -0.25) is 4.79 Å². The van der Waals surface area contributed by atoms with Gasteiger partial charge in [0.1, 0.15) is 5.75 Å². The van der Waals surface area contributed by atoms with Crippen LogP contribution in [0.1, 0.15) is 26.2 Å². The third kappa shape index (κ3) is 4.99. The van der Waals surface area contributed by atoms with E-state index in [0.717, 1.165) is 48.6 Å². The van der Waals surface area contributed by atoms with Crippen molar-refractivity contribution < 1.29 is 9.53 Å². The molecule has 1 unspecified atom stereocenters. The summed E-state index contributed by atoms with van der Waals surface area (Å²) in [5, 5.41) is 3.19. The summed E-state index contributed by atoms with van der Waals surface area (Å²) in [5.74, 6) is 1.55. The monoisotopic (exact) mass is 368 g/mol. The van der Waals surface area contributed by atoms with Gasteiger partial charge < -0.3 is 15.0 Å². The zero-order valence-corrected chi connectivity index (χ0v) is 14.9. The molecule has 0 spiro atoms. The van der Waals surface area contributed by atoms with Crippen molar-refractivity contribution in [1.29, 1.82) is 0 Å². The SMILES string of the molecule is CNCCC1CCN(C(=O)C(C)Oc2cccc(Br)c2)CC1. The zero-order chi connectivity index (χ0) is 15.9. The smallest absolute Gasteiger partial charge is 0.263 e. The number of piperidine rings is 1. The number of hydrogen-bond donors (Lipinski definition) is 1. The second-order valence-electron chi connectivity index (χ2n) is 5.88. The van der Waals surface area contributed by atoms with Crippen LogP contribution in [0.25, 0.3) is 0 Å². The van der Waals surface area contributed by atoms with Gasteiger partial charge in [-0.1, -0.05) is 22.0 Å². The Kier molecular flexibility index (Phi) is 6.70. The van der Waals surface area contributed by atoms with Crippen LogP contribution in [0.2, 0.25) is 0 Å². The molecule has 1 saturated heterocycles. The summed E-state index contributed by atoms with van der Waals surface area (Å²) in [7, 11) is 1.99. The van der Waals surface area contributed by atoms with E-state index < -0.39 is 6.10 Å². The molecule has 22 heavy (non-hydrogen) atoms. The molecule has 1 atom stereocenters. The topological polar surface area (TPSA) is 41.6 Å². The molecule has 0 aromatic heterocycles. The fourth-order valence-electron chi connectivity index (χ4n) is 2.84. The van der Waals surface area contributed by atoms with Crippen LogP contribution in [0, 0.1) is 5.92 Å². The second kappa shape index (κ2) is 8.53. The van der Waals surface area contributed by atoms with Crippen molar-refractivity contribution in [2.75, 3.05) is 26.7 Å². The van der Waals surface area contributed by atoms with Crippen LogP contribution in [0.5, 0.6) is 5.75 Å². The molecule has 1 N–H and O–H groups in total. The van der Waals surface area contributed by atoms with Crippen LogP contribution in [-0.4, -0.2) is 43.6 Å². The lowest BCUT2D eigenvalue weighted by atomic mass is 9.93. The van der Waals surface area contributed by atoms with Crippen LogP contribution in [0.15, 0.2) is 28.7 Å². The molecule has 5 heteroatoms. The Balaban J connectivity index is 1.81. The van der Waals surface area contributed by atoms with E-state index in [-0.39, 0.29) is 5.91 Å². The van der Waals surface area contributed by atoms with Gasteiger partial charge in [-0.25, -0.2) is 0 Å². The molecule has 1 aliphatic rings. The first-order valence-electron chi connectivity index (χ1n) is 7.95. The zero-order valence-electron chi connectivity index (χ0n) is 13.3. The summed E-state index contributed by atoms with van der Waals surface area (Å²) < 4.78 is 6.72. The van der Waals surface area contributed by atoms with Gasteiger partial charge in [-0.2, -0.15) is 0 Å². The molecule has 0 saturated carbocycles. The average molecular weight is 369 g/mol. The molecule has 0 aliphatic carbocycles. The fourth-order valence-corrected chi connectivity index (χ4v) is 3.22. The minimum Gasteiger partial charge on any atom is -0.481 e. The Morgan fingerprint density at radius 3 is 2.82 bits per heavy atom. The van der Waals surface area contributed by atoms with Crippen LogP contribution in [0.3, 0.4) is 0 Å². The fraction of sp³-hybridized carbons (Fsp3) is 0.588. The normalized spacial score (nSPS) is 17.3.